The van der Waals surface area contributed by atoms with Crippen molar-refractivity contribution in [3.63, 3.8) is 0 Å². The molecule has 0 fully saturated rings. The zero-order valence-electron chi connectivity index (χ0n) is 7.40. The van der Waals surface area contributed by atoms with Gasteiger partial charge in [0.05, 0.1) is 12.7 Å². The first-order chi connectivity index (χ1) is 6.19. The van der Waals surface area contributed by atoms with Crippen LogP contribution in [-0.2, 0) is 0 Å². The Morgan fingerprint density at radius 3 is 2.69 bits per heavy atom. The summed E-state index contributed by atoms with van der Waals surface area (Å²) in [5.41, 5.74) is 0.284. The summed E-state index contributed by atoms with van der Waals surface area (Å²) in [6.07, 6.45) is 1.84. The van der Waals surface area contributed by atoms with Crippen LogP contribution < -0.4 is 4.74 Å². The van der Waals surface area contributed by atoms with E-state index >= 15 is 0 Å². The molecule has 0 atom stereocenters. The second kappa shape index (κ2) is 4.18. The van der Waals surface area contributed by atoms with Gasteiger partial charge in [-0.25, -0.2) is 4.79 Å². The van der Waals surface area contributed by atoms with E-state index in [9.17, 15) is 4.79 Å². The largest absolute Gasteiger partial charge is 0.497 e. The fourth-order valence-electron chi connectivity index (χ4n) is 0.981. The number of hydrogen-bond donors (Lipinski definition) is 1. The molecule has 1 N–H and O–H groups in total. The second-order valence-corrected chi connectivity index (χ2v) is 3.22. The topological polar surface area (TPSA) is 46.5 Å². The van der Waals surface area contributed by atoms with Crippen molar-refractivity contribution in [1.82, 2.24) is 0 Å². The Bertz CT molecular complexity index is 323. The Morgan fingerprint density at radius 1 is 1.54 bits per heavy atom. The Morgan fingerprint density at radius 2 is 2.23 bits per heavy atom. The lowest BCUT2D eigenvalue weighted by molar-refractivity contribution is 0.0692. The number of ether oxygens (including phenoxy) is 1. The summed E-state index contributed by atoms with van der Waals surface area (Å²) in [5.74, 6) is -0.363. The molecule has 1 rings (SSSR count). The number of methoxy groups -OCH3 is 1. The third kappa shape index (κ3) is 2.15. The molecule has 0 heterocycles. The Labute approximate surface area is 80.7 Å². The third-order valence-electron chi connectivity index (χ3n) is 1.64. The van der Waals surface area contributed by atoms with Gasteiger partial charge in [0.1, 0.15) is 5.75 Å². The van der Waals surface area contributed by atoms with Gasteiger partial charge < -0.3 is 9.84 Å². The van der Waals surface area contributed by atoms with E-state index in [-0.39, 0.29) is 5.56 Å². The van der Waals surface area contributed by atoms with Crippen molar-refractivity contribution >= 4 is 17.7 Å². The van der Waals surface area contributed by atoms with E-state index in [1.807, 2.05) is 6.26 Å². The lowest BCUT2D eigenvalue weighted by Gasteiger charge is -2.05. The molecule has 1 aromatic rings. The van der Waals surface area contributed by atoms with Gasteiger partial charge in [0.25, 0.3) is 0 Å². The molecule has 1 aromatic carbocycles. The van der Waals surface area contributed by atoms with E-state index in [1.54, 1.807) is 12.1 Å². The monoisotopic (exact) mass is 198 g/mol. The van der Waals surface area contributed by atoms with Gasteiger partial charge >= 0.3 is 5.97 Å². The minimum absolute atomic E-state index is 0.284. The van der Waals surface area contributed by atoms with Crippen LogP contribution in [0, 0.1) is 0 Å². The Kier molecular flexibility index (Phi) is 3.19. The maximum atomic E-state index is 10.8. The first-order valence-electron chi connectivity index (χ1n) is 3.64. The average molecular weight is 198 g/mol. The van der Waals surface area contributed by atoms with Gasteiger partial charge in [-0.1, -0.05) is 0 Å². The zero-order valence-corrected chi connectivity index (χ0v) is 8.22. The maximum Gasteiger partial charge on any atom is 0.336 e. The molecule has 70 valence electrons. The van der Waals surface area contributed by atoms with Crippen LogP contribution in [-0.4, -0.2) is 24.4 Å². The van der Waals surface area contributed by atoms with Gasteiger partial charge in [-0.2, -0.15) is 0 Å². The second-order valence-electron chi connectivity index (χ2n) is 2.37. The predicted molar refractivity (Wildman–Crippen MR) is 51.7 cm³/mol. The molecule has 0 aliphatic rings. The van der Waals surface area contributed by atoms with Crippen LogP contribution in [0.2, 0.25) is 0 Å². The third-order valence-corrected chi connectivity index (χ3v) is 2.43. The van der Waals surface area contributed by atoms with Crippen molar-refractivity contribution in [3.05, 3.63) is 23.8 Å². The molecule has 0 unspecified atom stereocenters. The number of benzene rings is 1. The lowest BCUT2D eigenvalue weighted by Crippen LogP contribution is -1.99. The first kappa shape index (κ1) is 9.92. The summed E-state index contributed by atoms with van der Waals surface area (Å²) in [7, 11) is 1.51. The van der Waals surface area contributed by atoms with Gasteiger partial charge in [-0.15, -0.1) is 11.8 Å². The summed E-state index contributed by atoms with van der Waals surface area (Å²) in [6, 6.07) is 5.01. The van der Waals surface area contributed by atoms with E-state index in [1.165, 1.54) is 24.9 Å². The standard InChI is InChI=1S/C9H10O3S/c1-12-6-3-4-8(13-2)7(5-6)9(10)11/h3-5H,1-2H3,(H,10,11). The number of thioether (sulfide) groups is 1. The molecule has 0 amide bonds. The Balaban J connectivity index is 3.18. The van der Waals surface area contributed by atoms with E-state index in [4.69, 9.17) is 9.84 Å². The van der Waals surface area contributed by atoms with Crippen molar-refractivity contribution < 1.29 is 14.6 Å². The summed E-state index contributed by atoms with van der Waals surface area (Å²) in [5, 5.41) is 8.85. The van der Waals surface area contributed by atoms with E-state index in [2.05, 4.69) is 0 Å². The highest BCUT2D eigenvalue weighted by Crippen LogP contribution is 2.24. The molecule has 0 saturated heterocycles. The zero-order chi connectivity index (χ0) is 9.84. The summed E-state index contributed by atoms with van der Waals surface area (Å²) >= 11 is 1.41. The Hall–Kier alpha value is -1.16. The fourth-order valence-corrected chi connectivity index (χ4v) is 1.55. The van der Waals surface area contributed by atoms with Gasteiger partial charge in [0.15, 0.2) is 0 Å². The van der Waals surface area contributed by atoms with Crippen LogP contribution in [0.25, 0.3) is 0 Å². The molecule has 0 aromatic heterocycles. The number of carbonyl (C=O) groups is 1. The average Bonchev–Trinajstić information content (AvgIpc) is 2.16. The lowest BCUT2D eigenvalue weighted by atomic mass is 10.2. The highest BCUT2D eigenvalue weighted by Gasteiger charge is 2.09. The number of rotatable bonds is 3. The molecule has 4 heteroatoms. The van der Waals surface area contributed by atoms with Crippen LogP contribution >= 0.6 is 11.8 Å². The molecule has 0 spiro atoms. The number of carboxylic acid groups (broad SMARTS) is 1. The molecular formula is C9H10O3S. The summed E-state index contributed by atoms with van der Waals surface area (Å²) < 4.78 is 4.93. The smallest absolute Gasteiger partial charge is 0.336 e. The highest BCUT2D eigenvalue weighted by atomic mass is 32.2. The minimum Gasteiger partial charge on any atom is -0.497 e. The molecule has 0 aliphatic heterocycles. The van der Waals surface area contributed by atoms with Crippen molar-refractivity contribution in [2.24, 2.45) is 0 Å². The molecule has 0 radical (unpaired) electrons. The number of aromatic carboxylic acids is 1. The quantitative estimate of drug-likeness (QED) is 0.756. The SMILES string of the molecule is COc1ccc(SC)c(C(=O)O)c1. The van der Waals surface area contributed by atoms with Gasteiger partial charge in [0.2, 0.25) is 0 Å². The van der Waals surface area contributed by atoms with Crippen LogP contribution in [0.3, 0.4) is 0 Å². The van der Waals surface area contributed by atoms with Crippen LogP contribution in [0.15, 0.2) is 23.1 Å². The van der Waals surface area contributed by atoms with Crippen molar-refractivity contribution in [1.29, 1.82) is 0 Å². The van der Waals surface area contributed by atoms with Gasteiger partial charge in [0, 0.05) is 4.90 Å². The van der Waals surface area contributed by atoms with Crippen molar-refractivity contribution in [3.8, 4) is 5.75 Å². The minimum atomic E-state index is -0.928. The van der Waals surface area contributed by atoms with Crippen LogP contribution in [0.4, 0.5) is 0 Å². The normalized spacial score (nSPS) is 9.69. The molecular weight excluding hydrogens is 188 g/mol. The molecule has 0 aliphatic carbocycles. The van der Waals surface area contributed by atoms with Crippen molar-refractivity contribution in [2.75, 3.05) is 13.4 Å². The highest BCUT2D eigenvalue weighted by molar-refractivity contribution is 7.98. The summed E-state index contributed by atoms with van der Waals surface area (Å²) in [4.78, 5) is 11.5. The number of carboxylic acids is 1. The fraction of sp³-hybridized carbons (Fsp3) is 0.222. The molecule has 13 heavy (non-hydrogen) atoms. The maximum absolute atomic E-state index is 10.8. The predicted octanol–water partition coefficient (Wildman–Crippen LogP) is 2.12. The van der Waals surface area contributed by atoms with Crippen LogP contribution in [0.5, 0.6) is 5.75 Å². The molecule has 0 bridgehead atoms. The van der Waals surface area contributed by atoms with E-state index in [0.717, 1.165) is 4.90 Å². The van der Waals surface area contributed by atoms with Crippen molar-refractivity contribution in [2.45, 2.75) is 4.90 Å². The molecule has 3 nitrogen and oxygen atoms in total. The van der Waals surface area contributed by atoms with Gasteiger partial charge in [-0.05, 0) is 24.5 Å². The summed E-state index contributed by atoms with van der Waals surface area (Å²) in [6.45, 7) is 0. The van der Waals surface area contributed by atoms with E-state index < -0.39 is 5.97 Å². The van der Waals surface area contributed by atoms with Crippen LogP contribution in [0.1, 0.15) is 10.4 Å². The first-order valence-corrected chi connectivity index (χ1v) is 4.87. The molecule has 0 saturated carbocycles. The number of hydrogen-bond acceptors (Lipinski definition) is 3. The van der Waals surface area contributed by atoms with Gasteiger partial charge in [-0.3, -0.25) is 0 Å². The van der Waals surface area contributed by atoms with E-state index in [0.29, 0.717) is 5.75 Å².